The van der Waals surface area contributed by atoms with E-state index in [1.165, 1.54) is 12.5 Å². The Morgan fingerprint density at radius 3 is 2.70 bits per heavy atom. The van der Waals surface area contributed by atoms with Gasteiger partial charge in [-0.1, -0.05) is 26.9 Å². The van der Waals surface area contributed by atoms with Gasteiger partial charge in [-0.2, -0.15) is 0 Å². The Bertz CT molecular complexity index is 968. The van der Waals surface area contributed by atoms with E-state index in [0.29, 0.717) is 19.7 Å². The van der Waals surface area contributed by atoms with Gasteiger partial charge in [-0.3, -0.25) is 4.79 Å². The normalized spacial score (nSPS) is 14.6. The molecule has 1 aliphatic rings. The minimum absolute atomic E-state index is 0.0294. The molecule has 1 aromatic rings. The van der Waals surface area contributed by atoms with Crippen LogP contribution in [0.2, 0.25) is 0 Å². The number of ether oxygens (including phenoxy) is 1. The van der Waals surface area contributed by atoms with Gasteiger partial charge in [0.1, 0.15) is 11.9 Å². The van der Waals surface area contributed by atoms with Crippen LogP contribution < -0.4 is 10.6 Å². The van der Waals surface area contributed by atoms with E-state index < -0.39 is 17.9 Å². The molecular weight excluding hydrogens is 513 g/mol. The summed E-state index contributed by atoms with van der Waals surface area (Å²) in [7, 11) is 2.18. The van der Waals surface area contributed by atoms with Gasteiger partial charge >= 0.3 is 5.97 Å². The monoisotopic (exact) mass is 553 g/mol. The second kappa shape index (κ2) is 16.0. The van der Waals surface area contributed by atoms with Crippen LogP contribution in [0.25, 0.3) is 0 Å². The average Bonchev–Trinajstić information content (AvgIpc) is 2.82. The Balaban J connectivity index is 1.91. The van der Waals surface area contributed by atoms with Gasteiger partial charge in [0, 0.05) is 35.8 Å². The summed E-state index contributed by atoms with van der Waals surface area (Å²) in [5, 5.41) is 23.3. The molecule has 0 spiro atoms. The fraction of sp³-hybridized carbons (Fsp3) is 0.615. The Labute approximate surface area is 227 Å². The van der Waals surface area contributed by atoms with Gasteiger partial charge in [0.2, 0.25) is 0 Å². The third-order valence-corrected chi connectivity index (χ3v) is 6.62. The number of nitrogens with zero attached hydrogens (tertiary/aromatic N) is 2. The molecule has 2 atom stereocenters. The van der Waals surface area contributed by atoms with Crippen LogP contribution in [0.3, 0.4) is 0 Å². The van der Waals surface area contributed by atoms with E-state index in [1.807, 2.05) is 13.8 Å². The zero-order chi connectivity index (χ0) is 27.4. The number of halogens is 1. The van der Waals surface area contributed by atoms with Gasteiger partial charge in [-0.15, -0.1) is 0 Å². The number of anilines is 1. The third-order valence-electron chi connectivity index (χ3n) is 6.15. The molecule has 0 bridgehead atoms. The maximum Gasteiger partial charge on any atom is 0.326 e. The molecule has 1 aromatic heterocycles. The Hall–Kier alpha value is -2.06. The zero-order valence-corrected chi connectivity index (χ0v) is 24.0. The highest BCUT2D eigenvalue weighted by Gasteiger charge is 2.24. The second-order valence-corrected chi connectivity index (χ2v) is 10.9. The molecule has 2 heterocycles. The van der Waals surface area contributed by atoms with Crippen molar-refractivity contribution in [3.05, 3.63) is 33.7 Å². The van der Waals surface area contributed by atoms with Gasteiger partial charge < -0.3 is 30.8 Å². The number of pyridine rings is 1. The maximum absolute atomic E-state index is 12.6. The summed E-state index contributed by atoms with van der Waals surface area (Å²) >= 11 is 5.92. The molecule has 9 nitrogen and oxygen atoms in total. The lowest BCUT2D eigenvalue weighted by Crippen LogP contribution is -2.44. The average molecular weight is 554 g/mol. The molecule has 4 N–H and O–H groups in total. The highest BCUT2D eigenvalue weighted by molar-refractivity contribution is 7.27. The molecule has 206 valence electrons. The van der Waals surface area contributed by atoms with Gasteiger partial charge in [0.05, 0.1) is 18.3 Å². The molecule has 0 saturated heterocycles. The lowest BCUT2D eigenvalue weighted by Gasteiger charge is -2.25. The highest BCUT2D eigenvalue weighted by Crippen LogP contribution is 2.21. The Morgan fingerprint density at radius 2 is 2.05 bits per heavy atom. The van der Waals surface area contributed by atoms with Gasteiger partial charge in [-0.25, -0.2) is 9.78 Å². The smallest absolute Gasteiger partial charge is 0.326 e. The minimum atomic E-state index is -1.12. The van der Waals surface area contributed by atoms with Crippen LogP contribution in [0, 0.1) is 5.41 Å². The SMILES string of the molecule is CC(=N)/C(C(=O)N[C@@H](CCN(CCCCc1ccc2c(n1)NCCC2)CCOC(C)C)C(=O)O)=C(\P)Cl. The molecule has 37 heavy (non-hydrogen) atoms. The number of carboxylic acids is 1. The number of aliphatic carboxylic acids is 1. The summed E-state index contributed by atoms with van der Waals surface area (Å²) in [6.45, 7) is 8.85. The van der Waals surface area contributed by atoms with Crippen LogP contribution in [-0.4, -0.2) is 77.5 Å². The molecule has 0 fully saturated rings. The summed E-state index contributed by atoms with van der Waals surface area (Å²) in [5.41, 5.74) is 2.30. The summed E-state index contributed by atoms with van der Waals surface area (Å²) in [4.78, 5) is 31.3. The number of aromatic nitrogens is 1. The molecule has 0 aromatic carbocycles. The van der Waals surface area contributed by atoms with Crippen molar-refractivity contribution < 1.29 is 19.4 Å². The number of carbonyl (C=O) groups excluding carboxylic acids is 1. The van der Waals surface area contributed by atoms with Crippen molar-refractivity contribution in [1.29, 1.82) is 5.41 Å². The number of unbranched alkanes of at least 4 members (excludes halogenated alkanes) is 1. The van der Waals surface area contributed by atoms with Crippen molar-refractivity contribution in [3.8, 4) is 0 Å². The third kappa shape index (κ3) is 11.1. The van der Waals surface area contributed by atoms with Gasteiger partial charge in [0.15, 0.2) is 0 Å². The maximum atomic E-state index is 12.6. The zero-order valence-electron chi connectivity index (χ0n) is 22.1. The largest absolute Gasteiger partial charge is 0.480 e. The summed E-state index contributed by atoms with van der Waals surface area (Å²) < 4.78 is 5.79. The van der Waals surface area contributed by atoms with E-state index in [9.17, 15) is 14.7 Å². The number of hydrogen-bond donors (Lipinski definition) is 4. The first kappa shape index (κ1) is 31.2. The Morgan fingerprint density at radius 1 is 1.30 bits per heavy atom. The van der Waals surface area contributed by atoms with Crippen LogP contribution in [0.1, 0.15) is 57.7 Å². The Kier molecular flexibility index (Phi) is 13.5. The summed E-state index contributed by atoms with van der Waals surface area (Å²) in [5.74, 6) is -0.778. The molecular formula is C26H41ClN5O4P. The topological polar surface area (TPSA) is 128 Å². The van der Waals surface area contributed by atoms with Gasteiger partial charge in [0.25, 0.3) is 5.91 Å². The number of aryl methyl sites for hydroxylation is 2. The predicted octanol–water partition coefficient (Wildman–Crippen LogP) is 3.81. The lowest BCUT2D eigenvalue weighted by atomic mass is 10.1. The number of carboxylic acid groups (broad SMARTS) is 1. The van der Waals surface area contributed by atoms with Crippen LogP contribution >= 0.6 is 20.8 Å². The van der Waals surface area contributed by atoms with Crippen LogP contribution in [-0.2, 0) is 27.2 Å². The molecule has 0 radical (unpaired) electrons. The van der Waals surface area contributed by atoms with Crippen molar-refractivity contribution >= 4 is 44.2 Å². The van der Waals surface area contributed by atoms with E-state index in [1.54, 1.807) is 0 Å². The molecule has 1 unspecified atom stereocenters. The number of nitrogens with one attached hydrogen (secondary N) is 3. The first-order chi connectivity index (χ1) is 17.6. The van der Waals surface area contributed by atoms with Crippen molar-refractivity contribution in [3.63, 3.8) is 0 Å². The first-order valence-corrected chi connectivity index (χ1v) is 13.8. The number of rotatable bonds is 16. The number of amides is 1. The van der Waals surface area contributed by atoms with E-state index in [2.05, 4.69) is 36.9 Å². The molecule has 0 saturated carbocycles. The summed E-state index contributed by atoms with van der Waals surface area (Å²) in [6.07, 6.45) is 5.33. The quantitative estimate of drug-likeness (QED) is 0.106. The fourth-order valence-corrected chi connectivity index (χ4v) is 4.74. The molecule has 1 aliphatic heterocycles. The number of carbonyl (C=O) groups is 2. The van der Waals surface area contributed by atoms with Crippen LogP contribution in [0.4, 0.5) is 5.82 Å². The van der Waals surface area contributed by atoms with Crippen molar-refractivity contribution in [1.82, 2.24) is 15.2 Å². The van der Waals surface area contributed by atoms with Crippen LogP contribution in [0.15, 0.2) is 22.5 Å². The van der Waals surface area contributed by atoms with E-state index in [4.69, 9.17) is 26.7 Å². The molecule has 2 rings (SSSR count). The first-order valence-electron chi connectivity index (χ1n) is 12.9. The van der Waals surface area contributed by atoms with E-state index in [0.717, 1.165) is 56.7 Å². The van der Waals surface area contributed by atoms with E-state index in [-0.39, 0.29) is 28.6 Å². The van der Waals surface area contributed by atoms with Gasteiger partial charge in [-0.05, 0) is 77.5 Å². The summed E-state index contributed by atoms with van der Waals surface area (Å²) in [6, 6.07) is 3.19. The standard InChI is InChI=1S/C26H41ClN5O4P/c1-17(2)36-16-15-32(13-5-4-8-20-10-9-19-7-6-12-29-24(19)30-20)14-11-21(26(34)35)31-25(33)22(18(3)28)23(27)37/h9-10,17,21,28H,4-8,11-16,37H2,1-3H3,(H,29,30)(H,31,33)(H,34,35)/b23-22+,28-18?/t21-/m0/s1. The van der Waals surface area contributed by atoms with Crippen LogP contribution in [0.5, 0.6) is 0 Å². The lowest BCUT2D eigenvalue weighted by molar-refractivity contribution is -0.141. The van der Waals surface area contributed by atoms with Crippen molar-refractivity contribution in [2.24, 2.45) is 0 Å². The fourth-order valence-electron chi connectivity index (χ4n) is 4.16. The second-order valence-electron chi connectivity index (χ2n) is 9.56. The number of fused-ring (bicyclic) bond motifs is 1. The predicted molar refractivity (Wildman–Crippen MR) is 152 cm³/mol. The van der Waals surface area contributed by atoms with Crippen molar-refractivity contribution in [2.45, 2.75) is 71.4 Å². The molecule has 0 aliphatic carbocycles. The number of hydrogen-bond acceptors (Lipinski definition) is 7. The highest BCUT2D eigenvalue weighted by atomic mass is 35.5. The minimum Gasteiger partial charge on any atom is -0.480 e. The molecule has 11 heteroatoms. The molecule has 1 amide bonds. The van der Waals surface area contributed by atoms with E-state index >= 15 is 0 Å². The van der Waals surface area contributed by atoms with Crippen molar-refractivity contribution in [2.75, 3.05) is 38.1 Å².